The molecule has 0 spiro atoms. The first-order valence-electron chi connectivity index (χ1n) is 10.6. The third-order valence-electron chi connectivity index (χ3n) is 5.56. The van der Waals surface area contributed by atoms with E-state index in [1.165, 1.54) is 11.8 Å². The van der Waals surface area contributed by atoms with Gasteiger partial charge in [-0.05, 0) is 55.9 Å². The second-order valence-corrected chi connectivity index (χ2v) is 9.02. The molecule has 0 radical (unpaired) electrons. The van der Waals surface area contributed by atoms with Crippen LogP contribution in [-0.2, 0) is 4.79 Å². The van der Waals surface area contributed by atoms with E-state index in [1.807, 2.05) is 0 Å². The van der Waals surface area contributed by atoms with Crippen LogP contribution in [0.5, 0.6) is 5.75 Å². The molecule has 9 nitrogen and oxygen atoms in total. The zero-order valence-electron chi connectivity index (χ0n) is 17.8. The Hall–Kier alpha value is -2.75. The van der Waals surface area contributed by atoms with E-state index in [-0.39, 0.29) is 11.7 Å². The minimum atomic E-state index is -0.567. The number of nitrogens with one attached hydrogen (secondary N) is 2. The number of urea groups is 1. The molecule has 31 heavy (non-hydrogen) atoms. The molecule has 1 aliphatic carbocycles. The molecule has 2 aromatic rings. The van der Waals surface area contributed by atoms with E-state index >= 15 is 0 Å². The van der Waals surface area contributed by atoms with Crippen molar-refractivity contribution in [2.24, 2.45) is 5.92 Å². The third-order valence-corrected chi connectivity index (χ3v) is 6.50. The van der Waals surface area contributed by atoms with Gasteiger partial charge in [-0.15, -0.1) is 10.2 Å². The summed E-state index contributed by atoms with van der Waals surface area (Å²) in [5.41, 5.74) is 0.577. The number of amides is 3. The molecule has 0 atom stereocenters. The van der Waals surface area contributed by atoms with Gasteiger partial charge in [0.15, 0.2) is 5.16 Å². The molecule has 1 aromatic heterocycles. The Morgan fingerprint density at radius 1 is 1.13 bits per heavy atom. The molecule has 1 aliphatic heterocycles. The van der Waals surface area contributed by atoms with E-state index in [2.05, 4.69) is 37.2 Å². The van der Waals surface area contributed by atoms with Crippen LogP contribution in [0, 0.1) is 5.92 Å². The van der Waals surface area contributed by atoms with Crippen LogP contribution in [0.25, 0.3) is 0 Å². The number of carbonyl (C=O) groups is 2. The monoisotopic (exact) mass is 444 g/mol. The van der Waals surface area contributed by atoms with Crippen molar-refractivity contribution in [1.29, 1.82) is 0 Å². The number of hydrogen-bond acceptors (Lipinski definition) is 7. The number of rotatable bonds is 7. The SMILES string of the molecule is COc1ccc(NC(=O)NC(=O)CSc2nnc(N3CCC(C)CC3)n2C2CC2)cc1. The van der Waals surface area contributed by atoms with Gasteiger partial charge in [-0.2, -0.15) is 0 Å². The van der Waals surface area contributed by atoms with Crippen LogP contribution in [0.4, 0.5) is 16.4 Å². The quantitative estimate of drug-likeness (QED) is 0.632. The summed E-state index contributed by atoms with van der Waals surface area (Å²) in [7, 11) is 1.57. The first-order valence-corrected chi connectivity index (χ1v) is 11.6. The van der Waals surface area contributed by atoms with Gasteiger partial charge < -0.3 is 15.0 Å². The van der Waals surface area contributed by atoms with Crippen LogP contribution >= 0.6 is 11.8 Å². The highest BCUT2D eigenvalue weighted by Gasteiger charge is 2.32. The van der Waals surface area contributed by atoms with E-state index in [1.54, 1.807) is 31.4 Å². The minimum absolute atomic E-state index is 0.0952. The smallest absolute Gasteiger partial charge is 0.325 e. The number of nitrogens with zero attached hydrogens (tertiary/aromatic N) is 4. The van der Waals surface area contributed by atoms with Gasteiger partial charge in [-0.25, -0.2) is 4.79 Å². The number of aromatic nitrogens is 3. The van der Waals surface area contributed by atoms with Gasteiger partial charge in [0.2, 0.25) is 11.9 Å². The van der Waals surface area contributed by atoms with Gasteiger partial charge in [0, 0.05) is 24.8 Å². The van der Waals surface area contributed by atoms with Crippen LogP contribution in [0.2, 0.25) is 0 Å². The number of piperidine rings is 1. The maximum absolute atomic E-state index is 12.3. The van der Waals surface area contributed by atoms with Crippen molar-refractivity contribution < 1.29 is 14.3 Å². The van der Waals surface area contributed by atoms with Gasteiger partial charge in [-0.1, -0.05) is 18.7 Å². The first-order chi connectivity index (χ1) is 15.0. The summed E-state index contributed by atoms with van der Waals surface area (Å²) in [5, 5.41) is 14.5. The standard InChI is InChI=1S/C21H28N6O3S/c1-14-9-11-26(12-10-14)20-24-25-21(27(20)16-5-6-16)31-13-18(28)23-19(29)22-15-3-7-17(30-2)8-4-15/h3-4,7-8,14,16H,5-6,9-13H2,1-2H3,(H2,22,23,28,29). The Balaban J connectivity index is 1.31. The first kappa shape index (κ1) is 21.5. The summed E-state index contributed by atoms with van der Waals surface area (Å²) >= 11 is 1.32. The van der Waals surface area contributed by atoms with E-state index in [0.717, 1.165) is 55.8 Å². The lowest BCUT2D eigenvalue weighted by Crippen LogP contribution is -2.35. The Morgan fingerprint density at radius 3 is 2.48 bits per heavy atom. The zero-order chi connectivity index (χ0) is 21.8. The molecule has 2 fully saturated rings. The number of ether oxygens (including phenoxy) is 1. The molecule has 1 saturated carbocycles. The summed E-state index contributed by atoms with van der Waals surface area (Å²) in [4.78, 5) is 26.7. The highest BCUT2D eigenvalue weighted by atomic mass is 32.2. The molecule has 2 N–H and O–H groups in total. The number of carbonyl (C=O) groups excluding carboxylic acids is 2. The number of thioether (sulfide) groups is 1. The second kappa shape index (κ2) is 9.59. The lowest BCUT2D eigenvalue weighted by Gasteiger charge is -2.31. The second-order valence-electron chi connectivity index (χ2n) is 8.07. The molecule has 0 unspecified atom stereocenters. The van der Waals surface area contributed by atoms with E-state index < -0.39 is 6.03 Å². The Labute approximate surface area is 185 Å². The number of hydrogen-bond donors (Lipinski definition) is 2. The Morgan fingerprint density at radius 2 is 1.84 bits per heavy atom. The predicted molar refractivity (Wildman–Crippen MR) is 120 cm³/mol. The van der Waals surface area contributed by atoms with Gasteiger partial charge in [0.1, 0.15) is 5.75 Å². The lowest BCUT2D eigenvalue weighted by atomic mass is 10.00. The van der Waals surface area contributed by atoms with Gasteiger partial charge in [-0.3, -0.25) is 14.7 Å². The van der Waals surface area contributed by atoms with Crippen LogP contribution in [0.1, 0.15) is 38.6 Å². The van der Waals surface area contributed by atoms with E-state index in [0.29, 0.717) is 17.5 Å². The molecule has 1 saturated heterocycles. The van der Waals surface area contributed by atoms with E-state index in [9.17, 15) is 9.59 Å². The topological polar surface area (TPSA) is 101 Å². The number of benzene rings is 1. The molecular formula is C21H28N6O3S. The molecule has 4 rings (SSSR count). The normalized spacial score (nSPS) is 16.8. The predicted octanol–water partition coefficient (Wildman–Crippen LogP) is 3.30. The van der Waals surface area contributed by atoms with Gasteiger partial charge in [0.25, 0.3) is 0 Å². The van der Waals surface area contributed by atoms with E-state index in [4.69, 9.17) is 4.74 Å². The molecule has 1 aromatic carbocycles. The van der Waals surface area contributed by atoms with Crippen LogP contribution in [-0.4, -0.2) is 52.7 Å². The fourth-order valence-corrected chi connectivity index (χ4v) is 4.37. The zero-order valence-corrected chi connectivity index (χ0v) is 18.7. The Kier molecular flexibility index (Phi) is 6.64. The average Bonchev–Trinajstić information content (AvgIpc) is 3.52. The minimum Gasteiger partial charge on any atom is -0.497 e. The molecule has 0 bridgehead atoms. The molecule has 3 amide bonds. The summed E-state index contributed by atoms with van der Waals surface area (Å²) in [6, 6.07) is 6.73. The maximum Gasteiger partial charge on any atom is 0.325 e. The third kappa shape index (κ3) is 5.49. The molecule has 2 heterocycles. The molecule has 2 aliphatic rings. The fraction of sp³-hybridized carbons (Fsp3) is 0.524. The average molecular weight is 445 g/mol. The van der Waals surface area contributed by atoms with Crippen molar-refractivity contribution in [1.82, 2.24) is 20.1 Å². The van der Waals surface area contributed by atoms with Crippen molar-refractivity contribution in [3.63, 3.8) is 0 Å². The summed E-state index contributed by atoms with van der Waals surface area (Å²) in [6.45, 7) is 4.26. The number of imide groups is 1. The summed E-state index contributed by atoms with van der Waals surface area (Å²) in [6.07, 6.45) is 4.54. The van der Waals surface area contributed by atoms with Crippen molar-refractivity contribution in [3.05, 3.63) is 24.3 Å². The summed E-state index contributed by atoms with van der Waals surface area (Å²) < 4.78 is 7.26. The molecule has 166 valence electrons. The Bertz CT molecular complexity index is 920. The van der Waals surface area contributed by atoms with Crippen molar-refractivity contribution in [2.75, 3.05) is 36.2 Å². The molecule has 10 heteroatoms. The fourth-order valence-electron chi connectivity index (χ4n) is 3.57. The van der Waals surface area contributed by atoms with Gasteiger partial charge >= 0.3 is 6.03 Å². The summed E-state index contributed by atoms with van der Waals surface area (Å²) in [5.74, 6) is 2.06. The van der Waals surface area contributed by atoms with Crippen molar-refractivity contribution >= 4 is 35.3 Å². The van der Waals surface area contributed by atoms with Crippen LogP contribution in [0.15, 0.2) is 29.4 Å². The largest absolute Gasteiger partial charge is 0.497 e. The lowest BCUT2D eigenvalue weighted by molar-refractivity contribution is -0.117. The highest BCUT2D eigenvalue weighted by molar-refractivity contribution is 7.99. The van der Waals surface area contributed by atoms with Gasteiger partial charge in [0.05, 0.1) is 12.9 Å². The molecular weight excluding hydrogens is 416 g/mol. The number of methoxy groups -OCH3 is 1. The highest BCUT2D eigenvalue weighted by Crippen LogP contribution is 2.41. The van der Waals surface area contributed by atoms with Crippen LogP contribution in [0.3, 0.4) is 0 Å². The van der Waals surface area contributed by atoms with Crippen molar-refractivity contribution in [2.45, 2.75) is 43.8 Å². The number of anilines is 2. The van der Waals surface area contributed by atoms with Crippen LogP contribution < -0.4 is 20.3 Å². The van der Waals surface area contributed by atoms with Crippen molar-refractivity contribution in [3.8, 4) is 5.75 Å². The maximum atomic E-state index is 12.3.